The molecule has 166 valence electrons. The predicted molar refractivity (Wildman–Crippen MR) is 129 cm³/mol. The molecule has 0 unspecified atom stereocenters. The largest absolute Gasteiger partial charge is 0.350 e. The number of piperidine rings is 1. The van der Waals surface area contributed by atoms with Crippen LogP contribution in [0, 0.1) is 5.92 Å². The number of aromatic nitrogens is 3. The van der Waals surface area contributed by atoms with Crippen LogP contribution in [0.25, 0.3) is 10.3 Å². The van der Waals surface area contributed by atoms with E-state index in [0.717, 1.165) is 48.3 Å². The van der Waals surface area contributed by atoms with Gasteiger partial charge in [-0.15, -0.1) is 11.3 Å². The third-order valence-corrected chi connectivity index (χ3v) is 8.29. The van der Waals surface area contributed by atoms with Crippen LogP contribution in [0.5, 0.6) is 0 Å². The smallest absolute Gasteiger partial charge is 0.273 e. The number of nitrogens with one attached hydrogen (secondary N) is 1. The van der Waals surface area contributed by atoms with E-state index in [-0.39, 0.29) is 17.2 Å². The maximum absolute atomic E-state index is 13.2. The van der Waals surface area contributed by atoms with Gasteiger partial charge in [-0.3, -0.25) is 14.2 Å². The van der Waals surface area contributed by atoms with Gasteiger partial charge in [0.1, 0.15) is 4.70 Å². The molecule has 1 amide bonds. The summed E-state index contributed by atoms with van der Waals surface area (Å²) in [6, 6.07) is 3.96. The van der Waals surface area contributed by atoms with Crippen molar-refractivity contribution in [1.82, 2.24) is 19.9 Å². The highest BCUT2D eigenvalue weighted by Gasteiger charge is 2.22. The van der Waals surface area contributed by atoms with Gasteiger partial charge in [-0.25, -0.2) is 4.98 Å². The Bertz CT molecular complexity index is 1080. The van der Waals surface area contributed by atoms with Crippen LogP contribution in [0.2, 0.25) is 0 Å². The van der Waals surface area contributed by atoms with Crippen molar-refractivity contribution in [2.45, 2.75) is 51.4 Å². The molecule has 10 heteroatoms. The highest BCUT2D eigenvalue weighted by atomic mass is 32.2. The van der Waals surface area contributed by atoms with Crippen molar-refractivity contribution in [2.24, 2.45) is 5.92 Å². The summed E-state index contributed by atoms with van der Waals surface area (Å²) in [6.45, 7) is 7.35. The van der Waals surface area contributed by atoms with E-state index in [2.05, 4.69) is 27.1 Å². The van der Waals surface area contributed by atoms with E-state index >= 15 is 0 Å². The first-order valence-corrected chi connectivity index (χ1v) is 13.3. The summed E-state index contributed by atoms with van der Waals surface area (Å²) in [5.74, 6) is 0.880. The molecule has 1 fully saturated rings. The van der Waals surface area contributed by atoms with Crippen LogP contribution < -0.4 is 15.8 Å². The number of rotatable bonds is 8. The van der Waals surface area contributed by atoms with Crippen LogP contribution in [0.3, 0.4) is 0 Å². The third kappa shape index (κ3) is 5.30. The van der Waals surface area contributed by atoms with Gasteiger partial charge in [0, 0.05) is 24.5 Å². The van der Waals surface area contributed by atoms with Crippen molar-refractivity contribution in [2.75, 3.05) is 23.7 Å². The van der Waals surface area contributed by atoms with E-state index in [4.69, 9.17) is 0 Å². The first-order valence-electron chi connectivity index (χ1n) is 10.6. The number of anilines is 1. The maximum atomic E-state index is 13.2. The molecule has 0 aliphatic carbocycles. The van der Waals surface area contributed by atoms with Gasteiger partial charge in [-0.2, -0.15) is 4.98 Å². The molecular weight excluding hydrogens is 450 g/mol. The lowest BCUT2D eigenvalue weighted by Gasteiger charge is -2.29. The van der Waals surface area contributed by atoms with E-state index in [1.807, 2.05) is 24.4 Å². The number of carbonyl (C=O) groups excluding carboxylic acids is 1. The van der Waals surface area contributed by atoms with Crippen molar-refractivity contribution < 1.29 is 4.79 Å². The zero-order valence-electron chi connectivity index (χ0n) is 17.8. The topological polar surface area (TPSA) is 80.1 Å². The number of thiazole rings is 1. The molecular formula is C21H27N5O2S3. The highest BCUT2D eigenvalue weighted by Crippen LogP contribution is 2.30. The summed E-state index contributed by atoms with van der Waals surface area (Å²) in [7, 11) is 0. The van der Waals surface area contributed by atoms with E-state index in [0.29, 0.717) is 28.6 Å². The van der Waals surface area contributed by atoms with Gasteiger partial charge in [0.25, 0.3) is 5.56 Å². The van der Waals surface area contributed by atoms with E-state index in [1.54, 1.807) is 15.9 Å². The fourth-order valence-corrected chi connectivity index (χ4v) is 6.02. The van der Waals surface area contributed by atoms with Gasteiger partial charge >= 0.3 is 0 Å². The molecule has 0 radical (unpaired) electrons. The molecule has 31 heavy (non-hydrogen) atoms. The maximum Gasteiger partial charge on any atom is 0.273 e. The molecule has 0 aromatic carbocycles. The fourth-order valence-electron chi connectivity index (χ4n) is 3.52. The molecule has 4 rings (SSSR count). The Morgan fingerprint density at radius 3 is 2.84 bits per heavy atom. The van der Waals surface area contributed by atoms with Crippen LogP contribution in [-0.4, -0.2) is 39.3 Å². The monoisotopic (exact) mass is 477 g/mol. The van der Waals surface area contributed by atoms with Crippen LogP contribution in [-0.2, 0) is 17.9 Å². The average Bonchev–Trinajstić information content (AvgIpc) is 3.43. The minimum absolute atomic E-state index is 0.0533. The Labute approximate surface area is 193 Å². The standard InChI is InChI=1S/C21H27N5O2S3/c1-3-8-26-19(28)17-18(23-20(31-17)25-9-6-14(2)7-10-25)24-21(26)30-13-16(27)22-12-15-5-4-11-29-15/h4-5,11,14H,3,6-10,12-13H2,1-2H3,(H,22,27). The molecule has 0 atom stereocenters. The highest BCUT2D eigenvalue weighted by molar-refractivity contribution is 7.99. The minimum atomic E-state index is -0.0720. The van der Waals surface area contributed by atoms with Crippen molar-refractivity contribution >= 4 is 55.8 Å². The van der Waals surface area contributed by atoms with Gasteiger partial charge in [0.05, 0.1) is 12.3 Å². The Morgan fingerprint density at radius 2 is 2.13 bits per heavy atom. The van der Waals surface area contributed by atoms with Crippen LogP contribution in [0.1, 0.15) is 38.0 Å². The molecule has 1 aliphatic rings. The summed E-state index contributed by atoms with van der Waals surface area (Å²) >= 11 is 4.36. The van der Waals surface area contributed by atoms with Crippen molar-refractivity contribution in [3.63, 3.8) is 0 Å². The quantitative estimate of drug-likeness (QED) is 0.391. The summed E-state index contributed by atoms with van der Waals surface area (Å²) in [5.41, 5.74) is 0.444. The number of nitrogens with zero attached hydrogens (tertiary/aromatic N) is 4. The van der Waals surface area contributed by atoms with Crippen LogP contribution in [0.15, 0.2) is 27.5 Å². The number of thioether (sulfide) groups is 1. The second kappa shape index (κ2) is 10.1. The lowest BCUT2D eigenvalue weighted by atomic mass is 10.00. The molecule has 0 bridgehead atoms. The van der Waals surface area contributed by atoms with Gasteiger partial charge in [0.2, 0.25) is 5.91 Å². The summed E-state index contributed by atoms with van der Waals surface area (Å²) < 4.78 is 2.30. The van der Waals surface area contributed by atoms with Gasteiger partial charge in [0.15, 0.2) is 15.9 Å². The summed E-state index contributed by atoms with van der Waals surface area (Å²) in [5, 5.41) is 6.36. The molecule has 3 aromatic heterocycles. The molecule has 0 saturated carbocycles. The first kappa shape index (κ1) is 22.3. The number of fused-ring (bicyclic) bond motifs is 1. The second-order valence-corrected chi connectivity index (χ2v) is 10.8. The predicted octanol–water partition coefficient (Wildman–Crippen LogP) is 3.97. The Kier molecular flexibility index (Phi) is 7.29. The molecule has 1 aliphatic heterocycles. The van der Waals surface area contributed by atoms with E-state index < -0.39 is 0 Å². The van der Waals surface area contributed by atoms with Crippen LogP contribution in [0.4, 0.5) is 5.13 Å². The summed E-state index contributed by atoms with van der Waals surface area (Å²) in [6.07, 6.45) is 3.11. The molecule has 0 spiro atoms. The Balaban J connectivity index is 1.51. The number of amides is 1. The SMILES string of the molecule is CCCn1c(SCC(=O)NCc2cccs2)nc2nc(N3CCC(C)CC3)sc2c1=O. The zero-order valence-corrected chi connectivity index (χ0v) is 20.2. The lowest BCUT2D eigenvalue weighted by molar-refractivity contribution is -0.118. The minimum Gasteiger partial charge on any atom is -0.350 e. The normalized spacial score (nSPS) is 15.0. The molecule has 1 N–H and O–H groups in total. The lowest BCUT2D eigenvalue weighted by Crippen LogP contribution is -2.32. The zero-order chi connectivity index (χ0) is 21.8. The van der Waals surface area contributed by atoms with Gasteiger partial charge in [-0.1, -0.05) is 43.0 Å². The van der Waals surface area contributed by atoms with Crippen molar-refractivity contribution in [1.29, 1.82) is 0 Å². The van der Waals surface area contributed by atoms with Crippen molar-refractivity contribution in [3.05, 3.63) is 32.7 Å². The Hall–Kier alpha value is -1.91. The summed E-state index contributed by atoms with van der Waals surface area (Å²) in [4.78, 5) is 38.2. The van der Waals surface area contributed by atoms with Gasteiger partial charge < -0.3 is 10.2 Å². The van der Waals surface area contributed by atoms with E-state index in [9.17, 15) is 9.59 Å². The second-order valence-electron chi connectivity index (χ2n) is 7.81. The average molecular weight is 478 g/mol. The van der Waals surface area contributed by atoms with Crippen LogP contribution >= 0.6 is 34.4 Å². The molecule has 4 heterocycles. The van der Waals surface area contributed by atoms with E-state index in [1.165, 1.54) is 23.1 Å². The fraction of sp³-hybridized carbons (Fsp3) is 0.524. The molecule has 7 nitrogen and oxygen atoms in total. The Morgan fingerprint density at radius 1 is 1.32 bits per heavy atom. The number of hydrogen-bond donors (Lipinski definition) is 1. The molecule has 3 aromatic rings. The van der Waals surface area contributed by atoms with Gasteiger partial charge in [-0.05, 0) is 36.6 Å². The third-order valence-electron chi connectivity index (χ3n) is 5.34. The first-order chi connectivity index (χ1) is 15.0. The van der Waals surface area contributed by atoms with Crippen molar-refractivity contribution in [3.8, 4) is 0 Å². The number of carbonyl (C=O) groups is 1. The number of hydrogen-bond acceptors (Lipinski definition) is 8. The molecule has 1 saturated heterocycles. The number of thiophene rings is 1.